The van der Waals surface area contributed by atoms with Gasteiger partial charge < -0.3 is 19.4 Å². The minimum atomic E-state index is -0.723. The van der Waals surface area contributed by atoms with Gasteiger partial charge in [0.15, 0.2) is 11.6 Å². The summed E-state index contributed by atoms with van der Waals surface area (Å²) in [5.74, 6) is 3.41. The minimum absolute atomic E-state index is 0.108. The van der Waals surface area contributed by atoms with E-state index in [4.69, 9.17) is 8.94 Å². The maximum atomic E-state index is 13.1. The van der Waals surface area contributed by atoms with Crippen molar-refractivity contribution in [1.29, 1.82) is 0 Å². The quantitative estimate of drug-likeness (QED) is 0.621. The molecular formula is C20H27N3O5S2. The number of aromatic nitrogens is 2. The fourth-order valence-electron chi connectivity index (χ4n) is 3.71. The zero-order valence-electron chi connectivity index (χ0n) is 17.4. The molecule has 30 heavy (non-hydrogen) atoms. The number of carbonyl (C=O) groups is 1. The molecule has 2 aromatic heterocycles. The molecule has 2 N–H and O–H groups in total. The second kappa shape index (κ2) is 9.91. The molecule has 0 saturated carbocycles. The second-order valence-electron chi connectivity index (χ2n) is 7.55. The number of nitrogens with one attached hydrogen (secondary N) is 1. The highest BCUT2D eigenvalue weighted by Crippen LogP contribution is 2.44. The first-order valence-electron chi connectivity index (χ1n) is 9.85. The van der Waals surface area contributed by atoms with E-state index < -0.39 is 16.6 Å². The van der Waals surface area contributed by atoms with E-state index in [0.29, 0.717) is 36.7 Å². The molecular weight excluding hydrogens is 426 g/mol. The highest BCUT2D eigenvalue weighted by Gasteiger charge is 2.42. The van der Waals surface area contributed by atoms with Crippen LogP contribution in [0.25, 0.3) is 0 Å². The van der Waals surface area contributed by atoms with Gasteiger partial charge in [0.2, 0.25) is 23.0 Å². The van der Waals surface area contributed by atoms with E-state index in [1.54, 1.807) is 37.4 Å². The molecule has 1 aliphatic heterocycles. The van der Waals surface area contributed by atoms with Gasteiger partial charge in [-0.05, 0) is 56.6 Å². The lowest BCUT2D eigenvalue weighted by atomic mass is 9.75. The fraction of sp³-hybridized carbons (Fsp3) is 0.600. The first kappa shape index (κ1) is 22.7. The number of hydrogen-bond acceptors (Lipinski definition) is 9. The van der Waals surface area contributed by atoms with Crippen LogP contribution in [0.1, 0.15) is 55.0 Å². The molecule has 3 heterocycles. The zero-order chi connectivity index (χ0) is 21.7. The summed E-state index contributed by atoms with van der Waals surface area (Å²) in [6, 6.07) is 0.875. The van der Waals surface area contributed by atoms with Crippen molar-refractivity contribution in [3.05, 3.63) is 39.5 Å². The molecule has 2 aromatic rings. The summed E-state index contributed by atoms with van der Waals surface area (Å²) in [6.45, 7) is 3.41. The van der Waals surface area contributed by atoms with Gasteiger partial charge in [0.1, 0.15) is 11.8 Å². The van der Waals surface area contributed by atoms with Gasteiger partial charge in [0.05, 0.1) is 0 Å². The molecule has 0 spiro atoms. The van der Waals surface area contributed by atoms with E-state index in [-0.39, 0.29) is 24.1 Å². The molecule has 1 saturated heterocycles. The van der Waals surface area contributed by atoms with Crippen LogP contribution in [-0.4, -0.2) is 44.7 Å². The third kappa shape index (κ3) is 5.21. The van der Waals surface area contributed by atoms with Crippen LogP contribution in [-0.2, 0) is 10.2 Å². The Morgan fingerprint density at radius 1 is 1.40 bits per heavy atom. The number of amides is 1. The van der Waals surface area contributed by atoms with E-state index in [9.17, 15) is 14.7 Å². The van der Waals surface area contributed by atoms with E-state index in [2.05, 4.69) is 15.5 Å². The number of thioether (sulfide) groups is 2. The summed E-state index contributed by atoms with van der Waals surface area (Å²) in [6.07, 6.45) is 4.04. The lowest BCUT2D eigenvalue weighted by Gasteiger charge is -2.36. The topological polar surface area (TPSA) is 118 Å². The Morgan fingerprint density at radius 3 is 2.77 bits per heavy atom. The second-order valence-corrected chi connectivity index (χ2v) is 9.76. The van der Waals surface area contributed by atoms with Crippen molar-refractivity contribution >= 4 is 29.4 Å². The summed E-state index contributed by atoms with van der Waals surface area (Å²) in [7, 11) is 0. The van der Waals surface area contributed by atoms with Gasteiger partial charge in [-0.3, -0.25) is 9.59 Å². The van der Waals surface area contributed by atoms with Crippen molar-refractivity contribution in [2.24, 2.45) is 0 Å². The van der Waals surface area contributed by atoms with Crippen molar-refractivity contribution < 1.29 is 18.8 Å². The predicted molar refractivity (Wildman–Crippen MR) is 117 cm³/mol. The molecule has 10 heteroatoms. The predicted octanol–water partition coefficient (Wildman–Crippen LogP) is 3.11. The molecule has 3 rings (SSSR count). The van der Waals surface area contributed by atoms with Crippen LogP contribution in [0.3, 0.4) is 0 Å². The van der Waals surface area contributed by atoms with Gasteiger partial charge in [0.25, 0.3) is 0 Å². The maximum absolute atomic E-state index is 13.1. The number of carbonyl (C=O) groups excluding carboxylic acids is 1. The van der Waals surface area contributed by atoms with Gasteiger partial charge in [-0.1, -0.05) is 5.16 Å². The van der Waals surface area contributed by atoms with Crippen LogP contribution in [0, 0.1) is 13.8 Å². The summed E-state index contributed by atoms with van der Waals surface area (Å²) in [5, 5.41) is 17.3. The summed E-state index contributed by atoms with van der Waals surface area (Å²) in [4.78, 5) is 29.5. The fourth-order valence-corrected chi connectivity index (χ4v) is 5.46. The molecule has 164 valence electrons. The lowest BCUT2D eigenvalue weighted by molar-refractivity contribution is -0.123. The van der Waals surface area contributed by atoms with Crippen LogP contribution < -0.4 is 10.7 Å². The molecule has 1 atom stereocenters. The first-order valence-corrected chi connectivity index (χ1v) is 12.4. The number of aryl methyl sites for hydroxylation is 2. The Morgan fingerprint density at radius 2 is 2.13 bits per heavy atom. The molecule has 0 aliphatic carbocycles. The average Bonchev–Trinajstić information content (AvgIpc) is 3.14. The van der Waals surface area contributed by atoms with Crippen LogP contribution in [0.5, 0.6) is 5.75 Å². The van der Waals surface area contributed by atoms with E-state index in [1.807, 2.05) is 6.26 Å². The summed E-state index contributed by atoms with van der Waals surface area (Å²) in [5.41, 5.74) is -1.20. The van der Waals surface area contributed by atoms with Gasteiger partial charge in [0, 0.05) is 17.9 Å². The van der Waals surface area contributed by atoms with Gasteiger partial charge in [-0.2, -0.15) is 28.5 Å². The third-order valence-corrected chi connectivity index (χ3v) is 6.89. The van der Waals surface area contributed by atoms with Crippen LogP contribution >= 0.6 is 23.5 Å². The normalized spacial score (nSPS) is 16.9. The Labute approximate surface area is 183 Å². The van der Waals surface area contributed by atoms with E-state index in [0.717, 1.165) is 17.3 Å². The van der Waals surface area contributed by atoms with Gasteiger partial charge in [-0.25, -0.2) is 0 Å². The van der Waals surface area contributed by atoms with E-state index >= 15 is 0 Å². The standard InChI is InChI=1S/C20H27N3O5S2/c1-12-10-15(24)17(26)18(27-12)20(5-8-30-9-6-20)11-16(25)22-14(4-7-29-3)19-21-13(2)23-28-19/h10,14,26H,4-9,11H2,1-3H3,(H,22,25). The van der Waals surface area contributed by atoms with Crippen molar-refractivity contribution in [3.8, 4) is 5.75 Å². The molecule has 1 fully saturated rings. The molecule has 1 amide bonds. The van der Waals surface area contributed by atoms with Crippen LogP contribution in [0.4, 0.5) is 0 Å². The minimum Gasteiger partial charge on any atom is -0.502 e. The molecule has 8 nitrogen and oxygen atoms in total. The Kier molecular flexibility index (Phi) is 7.51. The van der Waals surface area contributed by atoms with Gasteiger partial charge in [-0.15, -0.1) is 0 Å². The van der Waals surface area contributed by atoms with Crippen molar-refractivity contribution in [1.82, 2.24) is 15.5 Å². The number of aromatic hydroxyl groups is 1. The van der Waals surface area contributed by atoms with E-state index in [1.165, 1.54) is 6.07 Å². The Balaban J connectivity index is 1.86. The SMILES string of the molecule is CSCCC(NC(=O)CC1(c2oc(C)cc(=O)c2O)CCSCC1)c1nc(C)no1. The molecule has 0 aromatic carbocycles. The molecule has 1 unspecified atom stereocenters. The highest BCUT2D eigenvalue weighted by molar-refractivity contribution is 7.99. The Bertz CT molecular complexity index is 937. The van der Waals surface area contributed by atoms with Crippen LogP contribution in [0.2, 0.25) is 0 Å². The summed E-state index contributed by atoms with van der Waals surface area (Å²) >= 11 is 3.46. The van der Waals surface area contributed by atoms with Gasteiger partial charge >= 0.3 is 0 Å². The van der Waals surface area contributed by atoms with Crippen molar-refractivity contribution in [2.45, 2.75) is 51.0 Å². The largest absolute Gasteiger partial charge is 0.502 e. The number of nitrogens with zero attached hydrogens (tertiary/aromatic N) is 2. The lowest BCUT2D eigenvalue weighted by Crippen LogP contribution is -2.39. The summed E-state index contributed by atoms with van der Waals surface area (Å²) < 4.78 is 11.1. The average molecular weight is 454 g/mol. The maximum Gasteiger partial charge on any atom is 0.249 e. The Hall–Kier alpha value is -1.94. The zero-order valence-corrected chi connectivity index (χ0v) is 19.0. The molecule has 0 radical (unpaired) electrons. The van der Waals surface area contributed by atoms with Crippen molar-refractivity contribution in [2.75, 3.05) is 23.5 Å². The molecule has 1 aliphatic rings. The van der Waals surface area contributed by atoms with Crippen LogP contribution in [0.15, 0.2) is 19.8 Å². The highest BCUT2D eigenvalue weighted by atomic mass is 32.2. The monoisotopic (exact) mass is 453 g/mol. The number of hydrogen-bond donors (Lipinski definition) is 2. The number of rotatable bonds is 8. The first-order chi connectivity index (χ1) is 14.3. The third-order valence-electron chi connectivity index (χ3n) is 5.26. The molecule has 0 bridgehead atoms. The smallest absolute Gasteiger partial charge is 0.249 e. The van der Waals surface area contributed by atoms with Crippen molar-refractivity contribution in [3.63, 3.8) is 0 Å².